The van der Waals surface area contributed by atoms with Crippen molar-refractivity contribution in [2.45, 2.75) is 0 Å². The highest BCUT2D eigenvalue weighted by molar-refractivity contribution is 5.94. The number of nitrogens with zero attached hydrogens (tertiary/aromatic N) is 3. The molecule has 0 unspecified atom stereocenters. The van der Waals surface area contributed by atoms with Crippen LogP contribution < -0.4 is 5.56 Å². The van der Waals surface area contributed by atoms with Gasteiger partial charge < -0.3 is 4.42 Å². The lowest BCUT2D eigenvalue weighted by Gasteiger charge is -2.05. The second-order valence-corrected chi connectivity index (χ2v) is 4.56. The third kappa shape index (κ3) is 1.87. The van der Waals surface area contributed by atoms with E-state index in [1.165, 1.54) is 12.4 Å². The molecule has 0 aliphatic rings. The van der Waals surface area contributed by atoms with E-state index >= 15 is 0 Å². The first-order valence-electron chi connectivity index (χ1n) is 6.43. The van der Waals surface area contributed by atoms with E-state index in [1.54, 1.807) is 0 Å². The third-order valence-electron chi connectivity index (χ3n) is 3.28. The van der Waals surface area contributed by atoms with Gasteiger partial charge in [0.2, 0.25) is 5.89 Å². The largest absolute Gasteiger partial charge is 0.417 e. The molecular weight excluding hydrogens is 266 g/mol. The minimum absolute atomic E-state index is 0.140. The number of fused-ring (bicyclic) bond motifs is 2. The van der Waals surface area contributed by atoms with Gasteiger partial charge in [-0.25, -0.2) is 9.97 Å². The van der Waals surface area contributed by atoms with Gasteiger partial charge in [-0.2, -0.15) is 4.98 Å². The Kier molecular flexibility index (Phi) is 2.50. The Morgan fingerprint density at radius 2 is 1.71 bits per heavy atom. The normalized spacial score (nSPS) is 11.0. The quantitative estimate of drug-likeness (QED) is 0.534. The Labute approximate surface area is 118 Å². The SMILES string of the molecule is O=c1nc(-c2cccc3ccccc23)oc2nccnc12. The molecule has 5 heteroatoms. The summed E-state index contributed by atoms with van der Waals surface area (Å²) in [5.41, 5.74) is 0.659. The fraction of sp³-hybridized carbons (Fsp3) is 0. The summed E-state index contributed by atoms with van der Waals surface area (Å²) >= 11 is 0. The van der Waals surface area contributed by atoms with Crippen LogP contribution in [0.25, 0.3) is 33.5 Å². The summed E-state index contributed by atoms with van der Waals surface area (Å²) in [5.74, 6) is 0.254. The molecule has 0 radical (unpaired) electrons. The van der Waals surface area contributed by atoms with Crippen molar-refractivity contribution in [2.75, 3.05) is 0 Å². The van der Waals surface area contributed by atoms with E-state index in [9.17, 15) is 4.79 Å². The summed E-state index contributed by atoms with van der Waals surface area (Å²) in [7, 11) is 0. The molecule has 4 aromatic rings. The zero-order valence-electron chi connectivity index (χ0n) is 10.9. The number of benzene rings is 2. The molecule has 2 aromatic carbocycles. The maximum atomic E-state index is 12.0. The van der Waals surface area contributed by atoms with Crippen molar-refractivity contribution < 1.29 is 4.42 Å². The van der Waals surface area contributed by atoms with E-state index in [-0.39, 0.29) is 17.1 Å². The van der Waals surface area contributed by atoms with Crippen LogP contribution in [0.15, 0.2) is 64.1 Å². The van der Waals surface area contributed by atoms with Crippen LogP contribution in [0, 0.1) is 0 Å². The van der Waals surface area contributed by atoms with E-state index in [4.69, 9.17) is 4.42 Å². The summed E-state index contributed by atoms with van der Waals surface area (Å²) in [4.78, 5) is 24.0. The highest BCUT2D eigenvalue weighted by Crippen LogP contribution is 2.27. The molecule has 0 saturated carbocycles. The van der Waals surface area contributed by atoms with E-state index < -0.39 is 5.56 Å². The summed E-state index contributed by atoms with van der Waals surface area (Å²) in [5, 5.41) is 2.03. The van der Waals surface area contributed by atoms with Crippen LogP contribution in [0.4, 0.5) is 0 Å². The third-order valence-corrected chi connectivity index (χ3v) is 3.28. The number of hydrogen-bond acceptors (Lipinski definition) is 5. The van der Waals surface area contributed by atoms with E-state index in [0.717, 1.165) is 16.3 Å². The van der Waals surface area contributed by atoms with Crippen molar-refractivity contribution in [1.82, 2.24) is 15.0 Å². The second kappa shape index (κ2) is 4.49. The zero-order valence-corrected chi connectivity index (χ0v) is 10.9. The van der Waals surface area contributed by atoms with Gasteiger partial charge in [0.15, 0.2) is 5.52 Å². The first-order valence-corrected chi connectivity index (χ1v) is 6.43. The van der Waals surface area contributed by atoms with Gasteiger partial charge >= 0.3 is 5.56 Å². The van der Waals surface area contributed by atoms with Crippen LogP contribution in [0.2, 0.25) is 0 Å². The van der Waals surface area contributed by atoms with E-state index in [0.29, 0.717) is 0 Å². The fourth-order valence-corrected chi connectivity index (χ4v) is 2.33. The van der Waals surface area contributed by atoms with Crippen LogP contribution in [-0.2, 0) is 0 Å². The van der Waals surface area contributed by atoms with Gasteiger partial charge in [0.25, 0.3) is 5.71 Å². The fourth-order valence-electron chi connectivity index (χ4n) is 2.33. The number of aromatic nitrogens is 3. The molecule has 2 aromatic heterocycles. The topological polar surface area (TPSA) is 68.9 Å². The number of hydrogen-bond donors (Lipinski definition) is 0. The van der Waals surface area contributed by atoms with Crippen molar-refractivity contribution in [1.29, 1.82) is 0 Å². The lowest BCUT2D eigenvalue weighted by atomic mass is 10.0. The molecular formula is C16H9N3O2. The minimum atomic E-state index is -0.438. The second-order valence-electron chi connectivity index (χ2n) is 4.56. The van der Waals surface area contributed by atoms with Crippen LogP contribution in [0.5, 0.6) is 0 Å². The monoisotopic (exact) mass is 275 g/mol. The Morgan fingerprint density at radius 3 is 2.67 bits per heavy atom. The van der Waals surface area contributed by atoms with Crippen LogP contribution in [0.1, 0.15) is 0 Å². The summed E-state index contributed by atoms with van der Waals surface area (Å²) < 4.78 is 5.65. The van der Waals surface area contributed by atoms with Crippen molar-refractivity contribution >= 4 is 22.0 Å². The molecule has 0 aliphatic carbocycles. The van der Waals surface area contributed by atoms with Crippen molar-refractivity contribution in [3.05, 3.63) is 65.2 Å². The standard InChI is InChI=1S/C16H9N3O2/c20-14-13-16(18-9-8-17-13)21-15(19-14)12-7-3-5-10-4-1-2-6-11(10)12/h1-9H. The summed E-state index contributed by atoms with van der Waals surface area (Å²) in [6.45, 7) is 0. The Balaban J connectivity index is 2.07. The molecule has 0 saturated heterocycles. The van der Waals surface area contributed by atoms with Gasteiger partial charge in [-0.3, -0.25) is 4.79 Å². The lowest BCUT2D eigenvalue weighted by Crippen LogP contribution is -2.09. The zero-order chi connectivity index (χ0) is 14.2. The molecule has 0 aliphatic heterocycles. The minimum Gasteiger partial charge on any atom is -0.417 e. The van der Waals surface area contributed by atoms with Gasteiger partial charge in [-0.1, -0.05) is 36.4 Å². The van der Waals surface area contributed by atoms with E-state index in [1.807, 2.05) is 42.5 Å². The predicted octanol–water partition coefficient (Wildman–Crippen LogP) is 2.80. The molecule has 0 fully saturated rings. The highest BCUT2D eigenvalue weighted by atomic mass is 16.4. The van der Waals surface area contributed by atoms with Gasteiger partial charge in [0.1, 0.15) is 0 Å². The van der Waals surface area contributed by atoms with Crippen molar-refractivity contribution in [3.63, 3.8) is 0 Å². The van der Waals surface area contributed by atoms with Crippen molar-refractivity contribution in [3.8, 4) is 11.5 Å². The molecule has 2 heterocycles. The average Bonchev–Trinajstić information content (AvgIpc) is 2.54. The molecule has 0 atom stereocenters. The summed E-state index contributed by atoms with van der Waals surface area (Å²) in [6, 6.07) is 13.6. The molecule has 4 rings (SSSR count). The molecule has 0 N–H and O–H groups in total. The predicted molar refractivity (Wildman–Crippen MR) is 78.8 cm³/mol. The van der Waals surface area contributed by atoms with E-state index in [2.05, 4.69) is 15.0 Å². The smallest absolute Gasteiger partial charge is 0.304 e. The maximum Gasteiger partial charge on any atom is 0.304 e. The molecule has 0 spiro atoms. The lowest BCUT2D eigenvalue weighted by molar-refractivity contribution is 0.581. The van der Waals surface area contributed by atoms with Crippen molar-refractivity contribution in [2.24, 2.45) is 0 Å². The van der Waals surface area contributed by atoms with Crippen LogP contribution in [-0.4, -0.2) is 15.0 Å². The highest BCUT2D eigenvalue weighted by Gasteiger charge is 2.12. The summed E-state index contributed by atoms with van der Waals surface area (Å²) in [6.07, 6.45) is 2.93. The molecule has 100 valence electrons. The van der Waals surface area contributed by atoms with Gasteiger partial charge in [0.05, 0.1) is 0 Å². The Hall–Kier alpha value is -3.08. The van der Waals surface area contributed by atoms with Crippen LogP contribution >= 0.6 is 0 Å². The molecule has 5 nitrogen and oxygen atoms in total. The van der Waals surface area contributed by atoms with Gasteiger partial charge in [-0.15, -0.1) is 0 Å². The van der Waals surface area contributed by atoms with Crippen LogP contribution in [0.3, 0.4) is 0 Å². The Bertz CT molecular complexity index is 1020. The van der Waals surface area contributed by atoms with Gasteiger partial charge in [-0.05, 0) is 16.8 Å². The molecule has 0 bridgehead atoms. The molecule has 21 heavy (non-hydrogen) atoms. The molecule has 0 amide bonds. The number of rotatable bonds is 1. The average molecular weight is 275 g/mol. The first-order chi connectivity index (χ1) is 10.3. The first kappa shape index (κ1) is 11.7. The van der Waals surface area contributed by atoms with Gasteiger partial charge in [0, 0.05) is 18.0 Å². The Morgan fingerprint density at radius 1 is 0.905 bits per heavy atom. The maximum absolute atomic E-state index is 12.0.